The number of rotatable bonds is 18. The van der Waals surface area contributed by atoms with Gasteiger partial charge in [-0.3, -0.25) is 9.59 Å². The molecule has 0 aromatic heterocycles. The Bertz CT molecular complexity index is 985. The lowest BCUT2D eigenvalue weighted by molar-refractivity contribution is -0.157. The van der Waals surface area contributed by atoms with Gasteiger partial charge in [-0.2, -0.15) is 0 Å². The first-order valence-corrected chi connectivity index (χ1v) is 18.0. The predicted octanol–water partition coefficient (Wildman–Crippen LogP) is 10.6. The van der Waals surface area contributed by atoms with Crippen molar-refractivity contribution in [1.29, 1.82) is 0 Å². The van der Waals surface area contributed by atoms with Crippen molar-refractivity contribution in [3.8, 4) is 5.75 Å². The summed E-state index contributed by atoms with van der Waals surface area (Å²) in [4.78, 5) is 25.2. The molecule has 0 unspecified atom stereocenters. The number of aryl methyl sites for hydroxylation is 1. The molecule has 5 atom stereocenters. The van der Waals surface area contributed by atoms with Crippen molar-refractivity contribution in [2.45, 2.75) is 174 Å². The fourth-order valence-corrected chi connectivity index (χ4v) is 8.62. The van der Waals surface area contributed by atoms with Crippen molar-refractivity contribution in [3.05, 3.63) is 29.3 Å². The van der Waals surface area contributed by atoms with Crippen LogP contribution in [0.25, 0.3) is 0 Å². The molecule has 4 heteroatoms. The van der Waals surface area contributed by atoms with Gasteiger partial charge in [0.25, 0.3) is 0 Å². The van der Waals surface area contributed by atoms with Crippen LogP contribution in [0.15, 0.2) is 18.2 Å². The highest BCUT2D eigenvalue weighted by Gasteiger charge is 2.56. The molecule has 1 aromatic rings. The van der Waals surface area contributed by atoms with Crippen LogP contribution in [0.4, 0.5) is 0 Å². The van der Waals surface area contributed by atoms with E-state index < -0.39 is 0 Å². The first-order valence-electron chi connectivity index (χ1n) is 18.0. The zero-order valence-electron chi connectivity index (χ0n) is 27.2. The molecule has 0 aliphatic heterocycles. The molecule has 0 N–H and O–H groups in total. The van der Waals surface area contributed by atoms with Crippen LogP contribution in [0.1, 0.15) is 173 Å². The molecule has 0 saturated heterocycles. The van der Waals surface area contributed by atoms with Gasteiger partial charge in [-0.1, -0.05) is 104 Å². The van der Waals surface area contributed by atoms with Gasteiger partial charge in [-0.05, 0) is 92.4 Å². The number of carbonyl (C=O) groups excluding carboxylic acids is 2. The highest BCUT2D eigenvalue weighted by atomic mass is 16.5. The standard InChI is InChI=1S/C38H60O4/c1-4-6-8-10-12-14-16-18-36(39)41-30-21-23-31-29(28-30)20-22-33-32(31)26-27-38(3)34(33)24-25-35(38)42-37(40)19-17-15-13-11-9-7-5-2/h21,23,28,32-35H,4-20,22,24-27H2,1-3H3/t32-,33-,34+,35+,38+/m1/s1. The van der Waals surface area contributed by atoms with E-state index in [0.717, 1.165) is 57.1 Å². The van der Waals surface area contributed by atoms with Crippen molar-refractivity contribution < 1.29 is 19.1 Å². The van der Waals surface area contributed by atoms with Gasteiger partial charge in [0, 0.05) is 18.3 Å². The number of carbonyl (C=O) groups is 2. The number of benzene rings is 1. The van der Waals surface area contributed by atoms with Gasteiger partial charge in [-0.25, -0.2) is 0 Å². The third-order valence-corrected chi connectivity index (χ3v) is 11.1. The van der Waals surface area contributed by atoms with Crippen molar-refractivity contribution in [2.75, 3.05) is 0 Å². The average Bonchev–Trinajstić information content (AvgIpc) is 3.31. The van der Waals surface area contributed by atoms with Crippen LogP contribution in [0.2, 0.25) is 0 Å². The summed E-state index contributed by atoms with van der Waals surface area (Å²) in [6, 6.07) is 6.42. The Kier molecular flexibility index (Phi) is 13.3. The molecule has 4 nitrogen and oxygen atoms in total. The summed E-state index contributed by atoms with van der Waals surface area (Å²) >= 11 is 0. The largest absolute Gasteiger partial charge is 0.462 e. The first kappa shape index (κ1) is 33.1. The minimum absolute atomic E-state index is 0.0283. The zero-order chi connectivity index (χ0) is 29.8. The molecule has 0 spiro atoms. The number of ether oxygens (including phenoxy) is 2. The van der Waals surface area contributed by atoms with E-state index in [1.165, 1.54) is 88.2 Å². The summed E-state index contributed by atoms with van der Waals surface area (Å²) in [7, 11) is 0. The summed E-state index contributed by atoms with van der Waals surface area (Å²) < 4.78 is 12.0. The highest BCUT2D eigenvalue weighted by Crippen LogP contribution is 2.61. The van der Waals surface area contributed by atoms with Gasteiger partial charge in [0.2, 0.25) is 0 Å². The molecular weight excluding hydrogens is 520 g/mol. The number of unbranched alkanes of at least 4 members (excludes halogenated alkanes) is 12. The van der Waals surface area contributed by atoms with Crippen LogP contribution in [0.5, 0.6) is 5.75 Å². The van der Waals surface area contributed by atoms with Crippen LogP contribution < -0.4 is 4.74 Å². The molecule has 0 bridgehead atoms. The molecule has 3 aliphatic carbocycles. The van der Waals surface area contributed by atoms with Crippen LogP contribution in [0.3, 0.4) is 0 Å². The molecule has 0 radical (unpaired) electrons. The van der Waals surface area contributed by atoms with E-state index in [-0.39, 0.29) is 23.5 Å². The van der Waals surface area contributed by atoms with E-state index in [1.807, 2.05) is 6.07 Å². The van der Waals surface area contributed by atoms with Crippen molar-refractivity contribution >= 4 is 11.9 Å². The smallest absolute Gasteiger partial charge is 0.311 e. The number of esters is 2. The van der Waals surface area contributed by atoms with Crippen LogP contribution in [-0.2, 0) is 20.7 Å². The SMILES string of the molecule is CCCCCCCCCC(=O)Oc1ccc2c(c1)CC[C@@H]1[C@@H]2CC[C@]2(C)[C@@H](OC(=O)CCCCCCCCC)CC[C@@H]12. The van der Waals surface area contributed by atoms with E-state index >= 15 is 0 Å². The lowest BCUT2D eigenvalue weighted by atomic mass is 9.55. The second-order valence-electron chi connectivity index (χ2n) is 14.1. The van der Waals surface area contributed by atoms with Gasteiger partial charge < -0.3 is 9.47 Å². The normalized spacial score (nSPS) is 26.3. The number of hydrogen-bond donors (Lipinski definition) is 0. The Morgan fingerprint density at radius 2 is 1.38 bits per heavy atom. The Hall–Kier alpha value is -1.84. The third kappa shape index (κ3) is 8.85. The fraction of sp³-hybridized carbons (Fsp3) is 0.789. The predicted molar refractivity (Wildman–Crippen MR) is 172 cm³/mol. The first-order chi connectivity index (χ1) is 20.5. The molecule has 42 heavy (non-hydrogen) atoms. The highest BCUT2D eigenvalue weighted by molar-refractivity contribution is 5.72. The maximum Gasteiger partial charge on any atom is 0.311 e. The summed E-state index contributed by atoms with van der Waals surface area (Å²) in [5.74, 6) is 2.51. The van der Waals surface area contributed by atoms with Gasteiger partial charge in [0.05, 0.1) is 0 Å². The summed E-state index contributed by atoms with van der Waals surface area (Å²) in [6.07, 6.45) is 24.9. The summed E-state index contributed by atoms with van der Waals surface area (Å²) in [6.45, 7) is 6.90. The minimum atomic E-state index is -0.0934. The molecule has 1 aromatic carbocycles. The van der Waals surface area contributed by atoms with Crippen LogP contribution >= 0.6 is 0 Å². The van der Waals surface area contributed by atoms with Crippen molar-refractivity contribution in [3.63, 3.8) is 0 Å². The summed E-state index contributed by atoms with van der Waals surface area (Å²) in [5, 5.41) is 0. The van der Waals surface area contributed by atoms with E-state index in [2.05, 4.69) is 32.9 Å². The van der Waals surface area contributed by atoms with E-state index in [1.54, 1.807) is 0 Å². The monoisotopic (exact) mass is 580 g/mol. The maximum atomic E-state index is 12.8. The topological polar surface area (TPSA) is 52.6 Å². The van der Waals surface area contributed by atoms with Gasteiger partial charge in [0.15, 0.2) is 0 Å². The molecular formula is C38H60O4. The minimum Gasteiger partial charge on any atom is -0.462 e. The van der Waals surface area contributed by atoms with Gasteiger partial charge >= 0.3 is 11.9 Å². The second kappa shape index (κ2) is 16.9. The number of fused-ring (bicyclic) bond motifs is 5. The van der Waals surface area contributed by atoms with Crippen LogP contribution in [0, 0.1) is 17.3 Å². The van der Waals surface area contributed by atoms with E-state index in [0.29, 0.717) is 30.6 Å². The van der Waals surface area contributed by atoms with E-state index in [9.17, 15) is 9.59 Å². The summed E-state index contributed by atoms with van der Waals surface area (Å²) in [5.41, 5.74) is 2.95. The Balaban J connectivity index is 1.23. The molecule has 2 fully saturated rings. The Morgan fingerprint density at radius 3 is 2.05 bits per heavy atom. The van der Waals surface area contributed by atoms with Crippen molar-refractivity contribution in [1.82, 2.24) is 0 Å². The third-order valence-electron chi connectivity index (χ3n) is 11.1. The molecule has 3 aliphatic rings. The van der Waals surface area contributed by atoms with Crippen LogP contribution in [-0.4, -0.2) is 18.0 Å². The van der Waals surface area contributed by atoms with Crippen molar-refractivity contribution in [2.24, 2.45) is 17.3 Å². The Morgan fingerprint density at radius 1 is 0.762 bits per heavy atom. The molecule has 0 heterocycles. The maximum absolute atomic E-state index is 12.8. The zero-order valence-corrected chi connectivity index (χ0v) is 27.2. The van der Waals surface area contributed by atoms with Gasteiger partial charge in [-0.15, -0.1) is 0 Å². The number of hydrogen-bond acceptors (Lipinski definition) is 4. The molecule has 236 valence electrons. The Labute approximate surface area is 257 Å². The molecule has 0 amide bonds. The van der Waals surface area contributed by atoms with E-state index in [4.69, 9.17) is 9.47 Å². The second-order valence-corrected chi connectivity index (χ2v) is 14.1. The average molecular weight is 581 g/mol. The fourth-order valence-electron chi connectivity index (χ4n) is 8.62. The lowest BCUT2D eigenvalue weighted by Crippen LogP contribution is -2.45. The molecule has 4 rings (SSSR count). The molecule has 2 saturated carbocycles. The quantitative estimate of drug-likeness (QED) is 0.0984. The lowest BCUT2D eigenvalue weighted by Gasteiger charge is -2.50. The van der Waals surface area contributed by atoms with Gasteiger partial charge in [0.1, 0.15) is 11.9 Å².